The van der Waals surface area contributed by atoms with Crippen LogP contribution < -0.4 is 0 Å². The molecule has 2 rings (SSSR count). The van der Waals surface area contributed by atoms with Crippen molar-refractivity contribution < 1.29 is 5.11 Å². The quantitative estimate of drug-likeness (QED) is 0.845. The zero-order valence-electron chi connectivity index (χ0n) is 9.24. The third kappa shape index (κ3) is 2.46. The molecule has 4 heteroatoms. The Bertz CT molecular complexity index is 439. The summed E-state index contributed by atoms with van der Waals surface area (Å²) in [6.45, 7) is 2.03. The molecule has 0 radical (unpaired) electrons. The third-order valence-corrected chi connectivity index (χ3v) is 2.55. The van der Waals surface area contributed by atoms with E-state index in [1.165, 1.54) is 5.56 Å². The second-order valence-corrected chi connectivity index (χ2v) is 3.89. The molecule has 0 saturated carbocycles. The molecular weight excluding hydrogens is 202 g/mol. The fourth-order valence-corrected chi connectivity index (χ4v) is 1.65. The Morgan fingerprint density at radius 1 is 1.31 bits per heavy atom. The molecule has 0 unspecified atom stereocenters. The Morgan fingerprint density at radius 3 is 2.69 bits per heavy atom. The third-order valence-electron chi connectivity index (χ3n) is 2.55. The van der Waals surface area contributed by atoms with Crippen LogP contribution in [0, 0.1) is 0 Å². The first-order valence-corrected chi connectivity index (χ1v) is 5.35. The van der Waals surface area contributed by atoms with E-state index in [4.69, 9.17) is 5.11 Å². The van der Waals surface area contributed by atoms with E-state index < -0.39 is 0 Å². The van der Waals surface area contributed by atoms with Gasteiger partial charge in [0.2, 0.25) is 0 Å². The van der Waals surface area contributed by atoms with Crippen molar-refractivity contribution in [1.29, 1.82) is 0 Å². The summed E-state index contributed by atoms with van der Waals surface area (Å²) >= 11 is 0. The van der Waals surface area contributed by atoms with E-state index in [9.17, 15) is 0 Å². The predicted octanol–water partition coefficient (Wildman–Crippen LogP) is 1.57. The Labute approximate surface area is 94.5 Å². The van der Waals surface area contributed by atoms with Gasteiger partial charge in [0.25, 0.3) is 0 Å². The van der Waals surface area contributed by atoms with Gasteiger partial charge in [0, 0.05) is 0 Å². The monoisotopic (exact) mass is 217 g/mol. The van der Waals surface area contributed by atoms with Gasteiger partial charge in [0.1, 0.15) is 5.69 Å². The predicted molar refractivity (Wildman–Crippen MR) is 60.8 cm³/mol. The van der Waals surface area contributed by atoms with Crippen molar-refractivity contribution in [3.63, 3.8) is 0 Å². The number of hydrogen-bond donors (Lipinski definition) is 1. The summed E-state index contributed by atoms with van der Waals surface area (Å²) in [5, 5.41) is 16.8. The van der Waals surface area contributed by atoms with Gasteiger partial charge in [-0.2, -0.15) is 0 Å². The van der Waals surface area contributed by atoms with Gasteiger partial charge in [-0.1, -0.05) is 35.5 Å². The van der Waals surface area contributed by atoms with E-state index in [0.29, 0.717) is 5.69 Å². The minimum atomic E-state index is -0.0575. The zero-order chi connectivity index (χ0) is 11.4. The standard InChI is InChI=1S/C12H15N3O/c1-10(7-11-5-3-2-4-6-11)15-8-12(9-16)13-14-15/h2-6,8,10,16H,7,9H2,1H3/t10-/m0/s1. The minimum Gasteiger partial charge on any atom is -0.390 e. The molecule has 2 aromatic rings. The highest BCUT2D eigenvalue weighted by Crippen LogP contribution is 2.12. The molecule has 0 aliphatic heterocycles. The number of aromatic nitrogens is 3. The van der Waals surface area contributed by atoms with Crippen molar-refractivity contribution >= 4 is 0 Å². The summed E-state index contributed by atoms with van der Waals surface area (Å²) in [4.78, 5) is 0. The highest BCUT2D eigenvalue weighted by Gasteiger charge is 2.08. The Hall–Kier alpha value is -1.68. The smallest absolute Gasteiger partial charge is 0.108 e. The van der Waals surface area contributed by atoms with Crippen LogP contribution in [0.1, 0.15) is 24.2 Å². The lowest BCUT2D eigenvalue weighted by Gasteiger charge is -2.10. The number of rotatable bonds is 4. The van der Waals surface area contributed by atoms with Gasteiger partial charge in [-0.3, -0.25) is 0 Å². The first-order valence-electron chi connectivity index (χ1n) is 5.35. The second kappa shape index (κ2) is 4.90. The van der Waals surface area contributed by atoms with Crippen molar-refractivity contribution in [2.45, 2.75) is 26.0 Å². The lowest BCUT2D eigenvalue weighted by atomic mass is 10.1. The summed E-state index contributed by atoms with van der Waals surface area (Å²) in [7, 11) is 0. The molecule has 1 N–H and O–H groups in total. The molecule has 1 aromatic carbocycles. The van der Waals surface area contributed by atoms with E-state index in [1.807, 2.05) is 18.2 Å². The topological polar surface area (TPSA) is 50.9 Å². The minimum absolute atomic E-state index is 0.0575. The molecule has 16 heavy (non-hydrogen) atoms. The van der Waals surface area contributed by atoms with Gasteiger partial charge in [0.05, 0.1) is 18.8 Å². The van der Waals surface area contributed by atoms with E-state index in [2.05, 4.69) is 29.4 Å². The van der Waals surface area contributed by atoms with Gasteiger partial charge in [-0.05, 0) is 18.9 Å². The molecular formula is C12H15N3O. The first kappa shape index (κ1) is 10.8. The molecule has 1 aromatic heterocycles. The van der Waals surface area contributed by atoms with Crippen molar-refractivity contribution in [3.8, 4) is 0 Å². The summed E-state index contributed by atoms with van der Waals surface area (Å²) in [6.07, 6.45) is 2.70. The molecule has 0 spiro atoms. The first-order chi connectivity index (χ1) is 7.79. The largest absolute Gasteiger partial charge is 0.390 e. The lowest BCUT2D eigenvalue weighted by molar-refractivity contribution is 0.276. The number of hydrogen-bond acceptors (Lipinski definition) is 3. The molecule has 1 atom stereocenters. The van der Waals surface area contributed by atoms with Crippen LogP contribution in [0.5, 0.6) is 0 Å². The molecule has 0 amide bonds. The maximum atomic E-state index is 8.91. The van der Waals surface area contributed by atoms with E-state index in [0.717, 1.165) is 6.42 Å². The SMILES string of the molecule is C[C@@H](Cc1ccccc1)n1cc(CO)nn1. The lowest BCUT2D eigenvalue weighted by Crippen LogP contribution is -2.08. The van der Waals surface area contributed by atoms with Crippen molar-refractivity contribution in [1.82, 2.24) is 15.0 Å². The van der Waals surface area contributed by atoms with Gasteiger partial charge < -0.3 is 5.11 Å². The average Bonchev–Trinajstić information content (AvgIpc) is 2.79. The van der Waals surface area contributed by atoms with Gasteiger partial charge in [0.15, 0.2) is 0 Å². The van der Waals surface area contributed by atoms with Crippen LogP contribution in [0.15, 0.2) is 36.5 Å². The fraction of sp³-hybridized carbons (Fsp3) is 0.333. The summed E-state index contributed by atoms with van der Waals surface area (Å²) in [5.41, 5.74) is 1.89. The molecule has 0 bridgehead atoms. The molecule has 0 saturated heterocycles. The highest BCUT2D eigenvalue weighted by atomic mass is 16.3. The average molecular weight is 217 g/mol. The van der Waals surface area contributed by atoms with E-state index in [1.54, 1.807) is 10.9 Å². The molecule has 0 aliphatic carbocycles. The Morgan fingerprint density at radius 2 is 2.06 bits per heavy atom. The molecule has 0 fully saturated rings. The Kier molecular flexibility index (Phi) is 3.31. The second-order valence-electron chi connectivity index (χ2n) is 3.89. The summed E-state index contributed by atoms with van der Waals surface area (Å²) < 4.78 is 1.79. The highest BCUT2D eigenvalue weighted by molar-refractivity contribution is 5.15. The van der Waals surface area contributed by atoms with E-state index in [-0.39, 0.29) is 12.6 Å². The summed E-state index contributed by atoms with van der Waals surface area (Å²) in [5.74, 6) is 0. The van der Waals surface area contributed by atoms with Crippen LogP contribution in [-0.4, -0.2) is 20.1 Å². The van der Waals surface area contributed by atoms with E-state index >= 15 is 0 Å². The van der Waals surface area contributed by atoms with Crippen molar-refractivity contribution in [3.05, 3.63) is 47.8 Å². The van der Waals surface area contributed by atoms with Crippen LogP contribution in [-0.2, 0) is 13.0 Å². The molecule has 0 aliphatic rings. The maximum absolute atomic E-state index is 8.91. The van der Waals surface area contributed by atoms with Crippen LogP contribution in [0.3, 0.4) is 0 Å². The van der Waals surface area contributed by atoms with Gasteiger partial charge >= 0.3 is 0 Å². The van der Waals surface area contributed by atoms with Crippen LogP contribution in [0.25, 0.3) is 0 Å². The van der Waals surface area contributed by atoms with Crippen LogP contribution in [0.2, 0.25) is 0 Å². The fourth-order valence-electron chi connectivity index (χ4n) is 1.65. The maximum Gasteiger partial charge on any atom is 0.108 e. The normalized spacial score (nSPS) is 12.6. The molecule has 1 heterocycles. The number of aliphatic hydroxyl groups excluding tert-OH is 1. The van der Waals surface area contributed by atoms with Gasteiger partial charge in [-0.15, -0.1) is 5.10 Å². The molecule has 84 valence electrons. The van der Waals surface area contributed by atoms with Crippen LogP contribution in [0.4, 0.5) is 0 Å². The number of nitrogens with zero attached hydrogens (tertiary/aromatic N) is 3. The van der Waals surface area contributed by atoms with Crippen LogP contribution >= 0.6 is 0 Å². The van der Waals surface area contributed by atoms with Crippen molar-refractivity contribution in [2.75, 3.05) is 0 Å². The summed E-state index contributed by atoms with van der Waals surface area (Å²) in [6, 6.07) is 10.5. The zero-order valence-corrected chi connectivity index (χ0v) is 9.24. The number of benzene rings is 1. The van der Waals surface area contributed by atoms with Gasteiger partial charge in [-0.25, -0.2) is 4.68 Å². The molecule has 4 nitrogen and oxygen atoms in total. The Balaban J connectivity index is 2.05. The number of aliphatic hydroxyl groups is 1. The van der Waals surface area contributed by atoms with Crippen molar-refractivity contribution in [2.24, 2.45) is 0 Å².